The molecule has 0 radical (unpaired) electrons. The molecule has 0 aliphatic carbocycles. The molecule has 1 aliphatic heterocycles. The van der Waals surface area contributed by atoms with Gasteiger partial charge in [0.05, 0.1) is 0 Å². The van der Waals surface area contributed by atoms with Crippen LogP contribution in [0.5, 0.6) is 0 Å². The van der Waals surface area contributed by atoms with Crippen molar-refractivity contribution in [3.05, 3.63) is 77.4 Å². The molecule has 1 saturated heterocycles. The largest absolute Gasteiger partial charge is 0.339 e. The van der Waals surface area contributed by atoms with E-state index in [1.807, 2.05) is 30.3 Å². The van der Waals surface area contributed by atoms with E-state index < -0.39 is 6.04 Å². The van der Waals surface area contributed by atoms with Crippen LogP contribution < -0.4 is 5.73 Å². The first-order valence-corrected chi connectivity index (χ1v) is 9.61. The van der Waals surface area contributed by atoms with E-state index >= 15 is 0 Å². The molecule has 0 saturated carbocycles. The molecule has 0 spiro atoms. The van der Waals surface area contributed by atoms with Gasteiger partial charge in [-0.05, 0) is 40.6 Å². The van der Waals surface area contributed by atoms with Gasteiger partial charge in [-0.1, -0.05) is 42.5 Å². The summed E-state index contributed by atoms with van der Waals surface area (Å²) in [5.41, 5.74) is 8.20. The third-order valence-electron chi connectivity index (χ3n) is 5.46. The summed E-state index contributed by atoms with van der Waals surface area (Å²) in [6, 6.07) is 15.4. The summed E-state index contributed by atoms with van der Waals surface area (Å²) >= 11 is 0. The van der Waals surface area contributed by atoms with Crippen molar-refractivity contribution in [3.8, 4) is 0 Å². The summed E-state index contributed by atoms with van der Waals surface area (Å²) in [5, 5.41) is 11.6. The van der Waals surface area contributed by atoms with Crippen molar-refractivity contribution in [3.63, 3.8) is 0 Å². The van der Waals surface area contributed by atoms with Gasteiger partial charge in [0.15, 0.2) is 0 Å². The van der Waals surface area contributed by atoms with E-state index in [2.05, 4.69) is 15.5 Å². The first-order chi connectivity index (χ1) is 14.0. The van der Waals surface area contributed by atoms with Gasteiger partial charge in [-0.2, -0.15) is 0 Å². The molecule has 1 aliphatic rings. The summed E-state index contributed by atoms with van der Waals surface area (Å²) in [7, 11) is 0. The van der Waals surface area contributed by atoms with Crippen LogP contribution in [0.3, 0.4) is 0 Å². The lowest BCUT2D eigenvalue weighted by molar-refractivity contribution is -0.134. The summed E-state index contributed by atoms with van der Waals surface area (Å²) in [5.74, 6) is 0.154. The number of benzene rings is 2. The molecule has 1 aromatic heterocycles. The fourth-order valence-corrected chi connectivity index (χ4v) is 3.96. The number of carbonyl (C=O) groups is 1. The van der Waals surface area contributed by atoms with Crippen LogP contribution in [-0.2, 0) is 11.2 Å². The van der Waals surface area contributed by atoms with Crippen LogP contribution in [0.4, 0.5) is 4.39 Å². The van der Waals surface area contributed by atoms with E-state index in [1.165, 1.54) is 16.8 Å². The lowest BCUT2D eigenvalue weighted by Gasteiger charge is -2.24. The molecule has 150 valence electrons. The normalized spacial score (nSPS) is 20.0. The lowest BCUT2D eigenvalue weighted by atomic mass is 9.95. The van der Waals surface area contributed by atoms with Crippen LogP contribution in [0.15, 0.2) is 54.6 Å². The van der Waals surface area contributed by atoms with E-state index in [1.54, 1.807) is 24.0 Å². The molecule has 2 aromatic carbocycles. The van der Waals surface area contributed by atoms with Gasteiger partial charge < -0.3 is 10.6 Å². The van der Waals surface area contributed by atoms with Gasteiger partial charge >= 0.3 is 0 Å². The van der Waals surface area contributed by atoms with E-state index in [-0.39, 0.29) is 23.7 Å². The molecule has 8 heteroatoms. The first kappa shape index (κ1) is 19.2. The zero-order valence-corrected chi connectivity index (χ0v) is 16.1. The fourth-order valence-electron chi connectivity index (χ4n) is 3.96. The van der Waals surface area contributed by atoms with Crippen molar-refractivity contribution in [2.75, 3.05) is 13.1 Å². The van der Waals surface area contributed by atoms with Gasteiger partial charge in [0.1, 0.15) is 17.7 Å². The number of hydrogen-bond donors (Lipinski definition) is 1. The molecule has 1 fully saturated rings. The number of nitrogens with zero attached hydrogens (tertiary/aromatic N) is 5. The third kappa shape index (κ3) is 4.02. The average Bonchev–Trinajstić information content (AvgIpc) is 3.32. The highest BCUT2D eigenvalue weighted by Gasteiger charge is 2.37. The Bertz CT molecular complexity index is 992. The van der Waals surface area contributed by atoms with E-state index in [0.717, 1.165) is 5.56 Å². The first-order valence-electron chi connectivity index (χ1n) is 9.61. The van der Waals surface area contributed by atoms with Crippen LogP contribution in [0.1, 0.15) is 28.9 Å². The minimum absolute atomic E-state index is 0.0740. The minimum Gasteiger partial charge on any atom is -0.339 e. The zero-order valence-electron chi connectivity index (χ0n) is 16.1. The van der Waals surface area contributed by atoms with Gasteiger partial charge in [-0.15, -0.1) is 5.10 Å². The molecule has 2 heterocycles. The Morgan fingerprint density at radius 3 is 2.69 bits per heavy atom. The predicted molar refractivity (Wildman–Crippen MR) is 105 cm³/mol. The molecule has 3 aromatic rings. The zero-order chi connectivity index (χ0) is 20.4. The SMILES string of the molecule is Cc1nnnn1C(Cc1cccc(F)c1)C(=O)N1C[C@@H](N)[C@H](c2ccccc2)C1. The Labute approximate surface area is 168 Å². The number of likely N-dealkylation sites (tertiary alicyclic amines) is 1. The Balaban J connectivity index is 1.59. The van der Waals surface area contributed by atoms with Crippen LogP contribution >= 0.6 is 0 Å². The number of tetrazole rings is 1. The van der Waals surface area contributed by atoms with Crippen molar-refractivity contribution < 1.29 is 9.18 Å². The van der Waals surface area contributed by atoms with Gasteiger partial charge in [0.25, 0.3) is 0 Å². The lowest BCUT2D eigenvalue weighted by Crippen LogP contribution is -2.39. The molecule has 7 nitrogen and oxygen atoms in total. The van der Waals surface area contributed by atoms with Gasteiger partial charge in [0, 0.05) is 31.5 Å². The molecule has 3 atom stereocenters. The number of halogens is 1. The van der Waals surface area contributed by atoms with Crippen molar-refractivity contribution in [2.45, 2.75) is 31.3 Å². The third-order valence-corrected chi connectivity index (χ3v) is 5.46. The number of aryl methyl sites for hydroxylation is 1. The maximum Gasteiger partial charge on any atom is 0.248 e. The van der Waals surface area contributed by atoms with Crippen LogP contribution in [0.25, 0.3) is 0 Å². The monoisotopic (exact) mass is 394 g/mol. The van der Waals surface area contributed by atoms with Gasteiger partial charge in [-0.25, -0.2) is 9.07 Å². The highest BCUT2D eigenvalue weighted by molar-refractivity contribution is 5.81. The van der Waals surface area contributed by atoms with Crippen LogP contribution in [-0.4, -0.2) is 50.1 Å². The Morgan fingerprint density at radius 2 is 2.00 bits per heavy atom. The molecule has 0 bridgehead atoms. The Morgan fingerprint density at radius 1 is 1.21 bits per heavy atom. The number of carbonyl (C=O) groups excluding carboxylic acids is 1. The fraction of sp³-hybridized carbons (Fsp3) is 0.333. The Kier molecular flexibility index (Phi) is 5.35. The molecular weight excluding hydrogens is 371 g/mol. The second kappa shape index (κ2) is 8.08. The van der Waals surface area contributed by atoms with Crippen LogP contribution in [0.2, 0.25) is 0 Å². The predicted octanol–water partition coefficient (Wildman–Crippen LogP) is 1.86. The topological polar surface area (TPSA) is 89.9 Å². The Hall–Kier alpha value is -3.13. The number of amides is 1. The standard InChI is InChI=1S/C21H23FN6O/c1-14-24-25-26-28(14)20(11-15-6-5-9-17(22)10-15)21(29)27-12-18(19(23)13-27)16-7-3-2-4-8-16/h2-10,18-20H,11-13,23H2,1H3/t18-,19+,20?/m0/s1. The van der Waals surface area contributed by atoms with Crippen LogP contribution in [0, 0.1) is 12.7 Å². The number of rotatable bonds is 5. The molecule has 4 rings (SSSR count). The number of hydrogen-bond acceptors (Lipinski definition) is 5. The summed E-state index contributed by atoms with van der Waals surface area (Å²) in [4.78, 5) is 15.2. The van der Waals surface area contributed by atoms with E-state index in [4.69, 9.17) is 5.73 Å². The minimum atomic E-state index is -0.659. The van der Waals surface area contributed by atoms with Crippen molar-refractivity contribution in [1.82, 2.24) is 25.1 Å². The highest BCUT2D eigenvalue weighted by atomic mass is 19.1. The summed E-state index contributed by atoms with van der Waals surface area (Å²) < 4.78 is 15.2. The second-order valence-corrected chi connectivity index (χ2v) is 7.44. The quantitative estimate of drug-likeness (QED) is 0.713. The molecule has 29 heavy (non-hydrogen) atoms. The maximum absolute atomic E-state index is 13.7. The van der Waals surface area contributed by atoms with E-state index in [0.29, 0.717) is 30.9 Å². The van der Waals surface area contributed by atoms with Crippen molar-refractivity contribution >= 4 is 5.91 Å². The second-order valence-electron chi connectivity index (χ2n) is 7.44. The average molecular weight is 394 g/mol. The smallest absolute Gasteiger partial charge is 0.248 e. The maximum atomic E-state index is 13.7. The molecule has 1 unspecified atom stereocenters. The molecule has 1 amide bonds. The van der Waals surface area contributed by atoms with Crippen molar-refractivity contribution in [2.24, 2.45) is 5.73 Å². The summed E-state index contributed by atoms with van der Waals surface area (Å²) in [6.45, 7) is 2.73. The molecule has 2 N–H and O–H groups in total. The summed E-state index contributed by atoms with van der Waals surface area (Å²) in [6.07, 6.45) is 0.296. The number of aromatic nitrogens is 4. The number of nitrogens with two attached hydrogens (primary N) is 1. The van der Waals surface area contributed by atoms with Gasteiger partial charge in [0.2, 0.25) is 5.91 Å². The highest BCUT2D eigenvalue weighted by Crippen LogP contribution is 2.29. The van der Waals surface area contributed by atoms with E-state index in [9.17, 15) is 9.18 Å². The van der Waals surface area contributed by atoms with Gasteiger partial charge in [-0.3, -0.25) is 4.79 Å². The van der Waals surface area contributed by atoms with Crippen molar-refractivity contribution in [1.29, 1.82) is 0 Å². The molecular formula is C21H23FN6O.